The first-order chi connectivity index (χ1) is 9.11. The zero-order chi connectivity index (χ0) is 13.8. The number of ether oxygens (including phenoxy) is 1. The summed E-state index contributed by atoms with van der Waals surface area (Å²) in [7, 11) is 1.46. The Morgan fingerprint density at radius 1 is 1.50 bits per heavy atom. The van der Waals surface area contributed by atoms with Crippen LogP contribution in [0.4, 0.5) is 4.39 Å². The summed E-state index contributed by atoms with van der Waals surface area (Å²) in [6, 6.07) is 4.36. The van der Waals surface area contributed by atoms with E-state index < -0.39 is 5.82 Å². The summed E-state index contributed by atoms with van der Waals surface area (Å²) in [4.78, 5) is 12.1. The molecule has 0 saturated carbocycles. The van der Waals surface area contributed by atoms with Crippen LogP contribution in [0.5, 0.6) is 5.75 Å². The van der Waals surface area contributed by atoms with Gasteiger partial charge in [-0.2, -0.15) is 0 Å². The average Bonchev–Trinajstić information content (AvgIpc) is 2.41. The SMILES string of the molecule is COc1ccc(C(=O)NC2CCNCC2C)c(F)c1.Cl. The van der Waals surface area contributed by atoms with Crippen molar-refractivity contribution < 1.29 is 13.9 Å². The third-order valence-electron chi connectivity index (χ3n) is 3.52. The smallest absolute Gasteiger partial charge is 0.254 e. The Morgan fingerprint density at radius 2 is 2.25 bits per heavy atom. The van der Waals surface area contributed by atoms with Crippen LogP contribution in [0.1, 0.15) is 23.7 Å². The molecular formula is C14H20ClFN2O2. The minimum atomic E-state index is -0.557. The van der Waals surface area contributed by atoms with E-state index in [4.69, 9.17) is 4.74 Å². The Kier molecular flexibility index (Phi) is 6.23. The van der Waals surface area contributed by atoms with Crippen LogP contribution < -0.4 is 15.4 Å². The van der Waals surface area contributed by atoms with Crippen molar-refractivity contribution in [3.63, 3.8) is 0 Å². The van der Waals surface area contributed by atoms with Gasteiger partial charge in [0.1, 0.15) is 11.6 Å². The van der Waals surface area contributed by atoms with E-state index in [-0.39, 0.29) is 29.9 Å². The van der Waals surface area contributed by atoms with E-state index in [0.717, 1.165) is 19.5 Å². The van der Waals surface area contributed by atoms with Gasteiger partial charge in [-0.05, 0) is 37.6 Å². The number of carbonyl (C=O) groups is 1. The third kappa shape index (κ3) is 3.84. The van der Waals surface area contributed by atoms with Crippen molar-refractivity contribution in [2.24, 2.45) is 5.92 Å². The van der Waals surface area contributed by atoms with Crippen molar-refractivity contribution in [1.82, 2.24) is 10.6 Å². The van der Waals surface area contributed by atoms with Crippen LogP contribution in [-0.4, -0.2) is 32.1 Å². The van der Waals surface area contributed by atoms with Crippen molar-refractivity contribution >= 4 is 18.3 Å². The molecule has 2 atom stereocenters. The summed E-state index contributed by atoms with van der Waals surface area (Å²) >= 11 is 0. The second-order valence-electron chi connectivity index (χ2n) is 4.90. The summed E-state index contributed by atoms with van der Waals surface area (Å²) in [6.45, 7) is 3.82. The number of carbonyl (C=O) groups excluding carboxylic acids is 1. The predicted octanol–water partition coefficient (Wildman–Crippen LogP) is 1.98. The Balaban J connectivity index is 0.00000200. The first kappa shape index (κ1) is 16.7. The van der Waals surface area contributed by atoms with Gasteiger partial charge in [0.15, 0.2) is 0 Å². The Bertz CT molecular complexity index is 470. The summed E-state index contributed by atoms with van der Waals surface area (Å²) in [5.74, 6) is -0.166. The van der Waals surface area contributed by atoms with E-state index in [1.807, 2.05) is 0 Å². The van der Waals surface area contributed by atoms with Crippen molar-refractivity contribution in [3.8, 4) is 5.75 Å². The fraction of sp³-hybridized carbons (Fsp3) is 0.500. The molecule has 1 heterocycles. The van der Waals surface area contributed by atoms with Crippen molar-refractivity contribution in [1.29, 1.82) is 0 Å². The Labute approximate surface area is 124 Å². The van der Waals surface area contributed by atoms with Crippen LogP contribution >= 0.6 is 12.4 Å². The van der Waals surface area contributed by atoms with Crippen molar-refractivity contribution in [3.05, 3.63) is 29.6 Å². The van der Waals surface area contributed by atoms with Crippen LogP contribution in [0.15, 0.2) is 18.2 Å². The number of methoxy groups -OCH3 is 1. The molecule has 1 aliphatic rings. The van der Waals surface area contributed by atoms with Gasteiger partial charge < -0.3 is 15.4 Å². The van der Waals surface area contributed by atoms with E-state index in [2.05, 4.69) is 17.6 Å². The van der Waals surface area contributed by atoms with Gasteiger partial charge in [-0.15, -0.1) is 12.4 Å². The standard InChI is InChI=1S/C14H19FN2O2.ClH/c1-9-8-16-6-5-13(9)17-14(18)11-4-3-10(19-2)7-12(11)15;/h3-4,7,9,13,16H,5-6,8H2,1-2H3,(H,17,18);1H. The zero-order valence-electron chi connectivity index (χ0n) is 11.6. The number of amides is 1. The monoisotopic (exact) mass is 302 g/mol. The van der Waals surface area contributed by atoms with Gasteiger partial charge in [-0.25, -0.2) is 4.39 Å². The van der Waals surface area contributed by atoms with Gasteiger partial charge in [-0.3, -0.25) is 4.79 Å². The highest BCUT2D eigenvalue weighted by molar-refractivity contribution is 5.94. The molecule has 0 aromatic heterocycles. The Hall–Kier alpha value is -1.33. The van der Waals surface area contributed by atoms with Crippen molar-refractivity contribution in [2.45, 2.75) is 19.4 Å². The van der Waals surface area contributed by atoms with E-state index in [9.17, 15) is 9.18 Å². The van der Waals surface area contributed by atoms with Crippen molar-refractivity contribution in [2.75, 3.05) is 20.2 Å². The maximum absolute atomic E-state index is 13.8. The molecule has 2 N–H and O–H groups in total. The molecule has 20 heavy (non-hydrogen) atoms. The zero-order valence-corrected chi connectivity index (χ0v) is 12.4. The molecule has 0 radical (unpaired) electrons. The molecule has 1 saturated heterocycles. The normalized spacial score (nSPS) is 21.8. The average molecular weight is 303 g/mol. The maximum Gasteiger partial charge on any atom is 0.254 e. The number of hydrogen-bond acceptors (Lipinski definition) is 3. The summed E-state index contributed by atoms with van der Waals surface area (Å²) < 4.78 is 18.7. The topological polar surface area (TPSA) is 50.4 Å². The van der Waals surface area contributed by atoms with E-state index in [1.165, 1.54) is 19.2 Å². The van der Waals surface area contributed by atoms with Crippen LogP contribution in [0.2, 0.25) is 0 Å². The lowest BCUT2D eigenvalue weighted by atomic mass is 9.95. The summed E-state index contributed by atoms with van der Waals surface area (Å²) in [5, 5.41) is 6.17. The lowest BCUT2D eigenvalue weighted by Gasteiger charge is -2.30. The number of benzene rings is 1. The molecule has 1 fully saturated rings. The minimum absolute atomic E-state index is 0. The van der Waals surface area contributed by atoms with Gasteiger partial charge in [0.2, 0.25) is 0 Å². The van der Waals surface area contributed by atoms with Gasteiger partial charge >= 0.3 is 0 Å². The lowest BCUT2D eigenvalue weighted by Crippen LogP contribution is -2.48. The molecule has 0 spiro atoms. The highest BCUT2D eigenvalue weighted by Gasteiger charge is 2.24. The number of piperidine rings is 1. The van der Waals surface area contributed by atoms with E-state index in [1.54, 1.807) is 6.07 Å². The molecule has 6 heteroatoms. The van der Waals surface area contributed by atoms with Crippen LogP contribution in [0.3, 0.4) is 0 Å². The van der Waals surface area contributed by atoms with Gasteiger partial charge in [0.25, 0.3) is 5.91 Å². The molecule has 0 bridgehead atoms. The van der Waals surface area contributed by atoms with Gasteiger partial charge in [0.05, 0.1) is 12.7 Å². The predicted molar refractivity (Wildman–Crippen MR) is 78.1 cm³/mol. The first-order valence-electron chi connectivity index (χ1n) is 6.47. The van der Waals surface area contributed by atoms with E-state index >= 15 is 0 Å². The second-order valence-corrected chi connectivity index (χ2v) is 4.90. The van der Waals surface area contributed by atoms with Crippen LogP contribution in [0, 0.1) is 11.7 Å². The molecular weight excluding hydrogens is 283 g/mol. The third-order valence-corrected chi connectivity index (χ3v) is 3.52. The fourth-order valence-electron chi connectivity index (χ4n) is 2.28. The number of rotatable bonds is 3. The first-order valence-corrected chi connectivity index (χ1v) is 6.47. The molecule has 2 unspecified atom stereocenters. The molecule has 112 valence electrons. The molecule has 1 aromatic rings. The van der Waals surface area contributed by atoms with E-state index in [0.29, 0.717) is 11.7 Å². The maximum atomic E-state index is 13.8. The summed E-state index contributed by atoms with van der Waals surface area (Å²) in [6.07, 6.45) is 0.866. The number of hydrogen-bond donors (Lipinski definition) is 2. The van der Waals surface area contributed by atoms with Gasteiger partial charge in [0, 0.05) is 12.1 Å². The number of halogens is 2. The molecule has 0 aliphatic carbocycles. The number of nitrogens with one attached hydrogen (secondary N) is 2. The fourth-order valence-corrected chi connectivity index (χ4v) is 2.28. The molecule has 2 rings (SSSR count). The molecule has 1 aliphatic heterocycles. The molecule has 4 nitrogen and oxygen atoms in total. The highest BCUT2D eigenvalue weighted by Crippen LogP contribution is 2.17. The molecule has 1 aromatic carbocycles. The van der Waals surface area contributed by atoms with Gasteiger partial charge in [-0.1, -0.05) is 6.92 Å². The highest BCUT2D eigenvalue weighted by atomic mass is 35.5. The quantitative estimate of drug-likeness (QED) is 0.898. The second kappa shape index (κ2) is 7.45. The largest absolute Gasteiger partial charge is 0.497 e. The Morgan fingerprint density at radius 3 is 2.85 bits per heavy atom. The minimum Gasteiger partial charge on any atom is -0.497 e. The van der Waals surface area contributed by atoms with Crippen LogP contribution in [0.25, 0.3) is 0 Å². The molecule has 1 amide bonds. The lowest BCUT2D eigenvalue weighted by molar-refractivity contribution is 0.0910. The summed E-state index contributed by atoms with van der Waals surface area (Å²) in [5.41, 5.74) is 0.0616. The van der Waals surface area contributed by atoms with Crippen LogP contribution in [-0.2, 0) is 0 Å².